The minimum Gasteiger partial charge on any atom is -0.486 e. The molecule has 1 amide bonds. The number of para-hydroxylation sites is 1. The number of hydrogen-bond acceptors (Lipinski definition) is 5. The summed E-state index contributed by atoms with van der Waals surface area (Å²) in [6, 6.07) is 6.11. The molecule has 0 aliphatic rings. The van der Waals surface area contributed by atoms with Crippen molar-refractivity contribution in [3.05, 3.63) is 64.1 Å². The average molecular weight is 400 g/mol. The second-order valence-corrected chi connectivity index (χ2v) is 6.91. The van der Waals surface area contributed by atoms with E-state index in [0.29, 0.717) is 17.9 Å². The van der Waals surface area contributed by atoms with Crippen LogP contribution in [0.1, 0.15) is 45.7 Å². The lowest BCUT2D eigenvalue weighted by Gasteiger charge is -2.17. The zero-order valence-corrected chi connectivity index (χ0v) is 17.3. The van der Waals surface area contributed by atoms with Crippen LogP contribution in [0.25, 0.3) is 0 Å². The SMILES string of the molecule is CCn1nc(C)c(CN(C)C(=O)c2noc(C)c2COc2ccccc2F)c1C. The van der Waals surface area contributed by atoms with Crippen LogP contribution in [0.15, 0.2) is 28.8 Å². The molecule has 0 N–H and O–H groups in total. The van der Waals surface area contributed by atoms with Crippen molar-refractivity contribution in [2.45, 2.75) is 47.4 Å². The molecule has 0 aliphatic carbocycles. The van der Waals surface area contributed by atoms with Crippen LogP contribution in [0.3, 0.4) is 0 Å². The molecule has 1 aromatic carbocycles. The van der Waals surface area contributed by atoms with Gasteiger partial charge in [0, 0.05) is 31.4 Å². The molecule has 2 heterocycles. The van der Waals surface area contributed by atoms with E-state index in [4.69, 9.17) is 9.26 Å². The van der Waals surface area contributed by atoms with Crippen LogP contribution in [0.2, 0.25) is 0 Å². The maximum Gasteiger partial charge on any atom is 0.276 e. The van der Waals surface area contributed by atoms with E-state index in [0.717, 1.165) is 23.5 Å². The standard InChI is InChI=1S/C21H25FN4O3/c1-6-26-14(3)16(13(2)23-26)11-25(5)21(27)20-17(15(4)29-24-20)12-28-19-10-8-7-9-18(19)22/h7-10H,6,11-12H2,1-5H3. The molecule has 0 unspecified atom stereocenters. The van der Waals surface area contributed by atoms with Crippen LogP contribution >= 0.6 is 0 Å². The molecule has 2 aromatic heterocycles. The lowest BCUT2D eigenvalue weighted by molar-refractivity contribution is 0.0772. The summed E-state index contributed by atoms with van der Waals surface area (Å²) in [5.41, 5.74) is 3.60. The lowest BCUT2D eigenvalue weighted by atomic mass is 10.1. The quantitative estimate of drug-likeness (QED) is 0.603. The third kappa shape index (κ3) is 4.16. The highest BCUT2D eigenvalue weighted by Crippen LogP contribution is 2.22. The Labute approximate surface area is 169 Å². The monoisotopic (exact) mass is 400 g/mol. The normalized spacial score (nSPS) is 11.0. The van der Waals surface area contributed by atoms with E-state index in [2.05, 4.69) is 10.3 Å². The summed E-state index contributed by atoms with van der Waals surface area (Å²) in [6.07, 6.45) is 0. The van der Waals surface area contributed by atoms with Gasteiger partial charge in [-0.3, -0.25) is 9.48 Å². The van der Waals surface area contributed by atoms with Crippen LogP contribution in [0, 0.1) is 26.6 Å². The molecule has 0 atom stereocenters. The van der Waals surface area contributed by atoms with E-state index in [1.165, 1.54) is 12.1 Å². The second-order valence-electron chi connectivity index (χ2n) is 6.91. The highest BCUT2D eigenvalue weighted by Gasteiger charge is 2.25. The van der Waals surface area contributed by atoms with Crippen molar-refractivity contribution < 1.29 is 18.4 Å². The molecule has 0 radical (unpaired) electrons. The molecule has 29 heavy (non-hydrogen) atoms. The second kappa shape index (κ2) is 8.46. The van der Waals surface area contributed by atoms with Crippen molar-refractivity contribution in [3.63, 3.8) is 0 Å². The average Bonchev–Trinajstić information content (AvgIpc) is 3.20. The summed E-state index contributed by atoms with van der Waals surface area (Å²) in [5.74, 6) is -0.190. The van der Waals surface area contributed by atoms with Gasteiger partial charge >= 0.3 is 0 Å². The van der Waals surface area contributed by atoms with Gasteiger partial charge in [0.25, 0.3) is 5.91 Å². The van der Waals surface area contributed by atoms with Gasteiger partial charge in [0.15, 0.2) is 17.3 Å². The lowest BCUT2D eigenvalue weighted by Crippen LogP contribution is -2.28. The minimum absolute atomic E-state index is 0.0169. The fourth-order valence-corrected chi connectivity index (χ4v) is 3.20. The number of hydrogen-bond donors (Lipinski definition) is 0. The van der Waals surface area contributed by atoms with Gasteiger partial charge in [0.2, 0.25) is 0 Å². The van der Waals surface area contributed by atoms with Gasteiger partial charge in [-0.1, -0.05) is 17.3 Å². The van der Waals surface area contributed by atoms with E-state index in [9.17, 15) is 9.18 Å². The molecule has 7 nitrogen and oxygen atoms in total. The molecular formula is C21H25FN4O3. The maximum atomic E-state index is 13.8. The Bertz CT molecular complexity index is 1030. The van der Waals surface area contributed by atoms with Gasteiger partial charge in [-0.05, 0) is 39.8 Å². The van der Waals surface area contributed by atoms with Crippen molar-refractivity contribution in [2.24, 2.45) is 0 Å². The number of carbonyl (C=O) groups excluding carboxylic acids is 1. The number of aromatic nitrogens is 3. The summed E-state index contributed by atoms with van der Waals surface area (Å²) >= 11 is 0. The Morgan fingerprint density at radius 1 is 1.24 bits per heavy atom. The molecular weight excluding hydrogens is 375 g/mol. The summed E-state index contributed by atoms with van der Waals surface area (Å²) in [7, 11) is 1.70. The summed E-state index contributed by atoms with van der Waals surface area (Å²) < 4.78 is 26.5. The van der Waals surface area contributed by atoms with Crippen LogP contribution < -0.4 is 4.74 Å². The number of halogens is 1. The zero-order valence-electron chi connectivity index (χ0n) is 17.3. The summed E-state index contributed by atoms with van der Waals surface area (Å²) in [6.45, 7) is 8.80. The van der Waals surface area contributed by atoms with Gasteiger partial charge < -0.3 is 14.2 Å². The predicted molar refractivity (Wildman–Crippen MR) is 105 cm³/mol. The first-order valence-corrected chi connectivity index (χ1v) is 9.44. The van der Waals surface area contributed by atoms with E-state index >= 15 is 0 Å². The number of carbonyl (C=O) groups is 1. The predicted octanol–water partition coefficient (Wildman–Crippen LogP) is 3.81. The number of amides is 1. The van der Waals surface area contributed by atoms with E-state index in [-0.39, 0.29) is 24.0 Å². The van der Waals surface area contributed by atoms with Crippen molar-refractivity contribution in [2.75, 3.05) is 7.05 Å². The maximum absolute atomic E-state index is 13.8. The molecule has 0 bridgehead atoms. The fourth-order valence-electron chi connectivity index (χ4n) is 3.20. The molecule has 0 fully saturated rings. The highest BCUT2D eigenvalue weighted by atomic mass is 19.1. The third-order valence-electron chi connectivity index (χ3n) is 4.97. The highest BCUT2D eigenvalue weighted by molar-refractivity contribution is 5.93. The topological polar surface area (TPSA) is 73.4 Å². The zero-order chi connectivity index (χ0) is 21.1. The van der Waals surface area contributed by atoms with Crippen molar-refractivity contribution >= 4 is 5.91 Å². The Morgan fingerprint density at radius 3 is 2.62 bits per heavy atom. The van der Waals surface area contributed by atoms with Gasteiger partial charge in [-0.25, -0.2) is 4.39 Å². The Morgan fingerprint density at radius 2 is 1.97 bits per heavy atom. The summed E-state index contributed by atoms with van der Waals surface area (Å²) in [4.78, 5) is 14.6. The summed E-state index contributed by atoms with van der Waals surface area (Å²) in [5, 5.41) is 8.41. The number of aryl methyl sites for hydroxylation is 3. The number of benzene rings is 1. The van der Waals surface area contributed by atoms with Crippen LogP contribution in [0.5, 0.6) is 5.75 Å². The van der Waals surface area contributed by atoms with Crippen molar-refractivity contribution in [1.82, 2.24) is 19.8 Å². The molecule has 0 saturated carbocycles. The molecule has 0 spiro atoms. The van der Waals surface area contributed by atoms with Crippen molar-refractivity contribution in [1.29, 1.82) is 0 Å². The van der Waals surface area contributed by atoms with Crippen LogP contribution in [-0.4, -0.2) is 32.8 Å². The molecule has 3 aromatic rings. The molecule has 154 valence electrons. The molecule has 8 heteroatoms. The van der Waals surface area contributed by atoms with Gasteiger partial charge in [0.1, 0.15) is 12.4 Å². The van der Waals surface area contributed by atoms with Gasteiger partial charge in [0.05, 0.1) is 11.3 Å². The fraction of sp³-hybridized carbons (Fsp3) is 0.381. The molecule has 0 aliphatic heterocycles. The Kier molecular flexibility index (Phi) is 6.00. The molecule has 3 rings (SSSR count). The van der Waals surface area contributed by atoms with Gasteiger partial charge in [-0.15, -0.1) is 0 Å². The van der Waals surface area contributed by atoms with E-state index in [1.54, 1.807) is 31.0 Å². The largest absolute Gasteiger partial charge is 0.486 e. The van der Waals surface area contributed by atoms with Crippen LogP contribution in [0.4, 0.5) is 4.39 Å². The number of rotatable bonds is 7. The van der Waals surface area contributed by atoms with E-state index < -0.39 is 5.82 Å². The first-order chi connectivity index (χ1) is 13.8. The first kappa shape index (κ1) is 20.6. The van der Waals surface area contributed by atoms with Crippen molar-refractivity contribution in [3.8, 4) is 5.75 Å². The Hall–Kier alpha value is -3.16. The first-order valence-electron chi connectivity index (χ1n) is 9.44. The number of nitrogens with zero attached hydrogens (tertiary/aromatic N) is 4. The smallest absolute Gasteiger partial charge is 0.276 e. The Balaban J connectivity index is 1.78. The van der Waals surface area contributed by atoms with E-state index in [1.807, 2.05) is 25.5 Å². The van der Waals surface area contributed by atoms with Crippen LogP contribution in [-0.2, 0) is 19.7 Å². The third-order valence-corrected chi connectivity index (χ3v) is 4.97. The number of ether oxygens (including phenoxy) is 1. The minimum atomic E-state index is -0.467. The molecule has 0 saturated heterocycles. The van der Waals surface area contributed by atoms with Gasteiger partial charge in [-0.2, -0.15) is 5.10 Å².